The van der Waals surface area contributed by atoms with E-state index in [0.29, 0.717) is 12.3 Å². The highest BCUT2D eigenvalue weighted by Crippen LogP contribution is 2.31. The fourth-order valence-corrected chi connectivity index (χ4v) is 4.08. The number of halogens is 1. The molecule has 128 valence electrons. The van der Waals surface area contributed by atoms with Gasteiger partial charge in [-0.1, -0.05) is 44.4 Å². The van der Waals surface area contributed by atoms with E-state index in [9.17, 15) is 4.79 Å². The Hall–Kier alpha value is -0.620. The van der Waals surface area contributed by atoms with Crippen molar-refractivity contribution in [3.63, 3.8) is 0 Å². The lowest BCUT2D eigenvalue weighted by molar-refractivity contribution is -0.158. The van der Waals surface area contributed by atoms with Gasteiger partial charge in [0.05, 0.1) is 0 Å². The predicted molar refractivity (Wildman–Crippen MR) is 100 cm³/mol. The number of carbonyl (C=O) groups excluding carboxylic acids is 1. The minimum atomic E-state index is -0.230. The number of methoxy groups -OCH3 is 1. The van der Waals surface area contributed by atoms with Gasteiger partial charge in [-0.15, -0.1) is 0 Å². The van der Waals surface area contributed by atoms with Crippen LogP contribution in [0.15, 0.2) is 24.3 Å². The van der Waals surface area contributed by atoms with Crippen LogP contribution in [0.2, 0.25) is 0 Å². The van der Waals surface area contributed by atoms with E-state index in [-0.39, 0.29) is 18.2 Å². The Balaban J connectivity index is 1.99. The number of hydrogen-bond donors (Lipinski definition) is 0. The Morgan fingerprint density at radius 2 is 1.96 bits per heavy atom. The average molecular weight is 430 g/mol. The zero-order valence-electron chi connectivity index (χ0n) is 14.1. The van der Waals surface area contributed by atoms with Crippen LogP contribution in [0.25, 0.3) is 0 Å². The number of rotatable bonds is 7. The maximum Gasteiger partial charge on any atom is 0.306 e. The molecule has 2 rings (SSSR count). The average Bonchev–Trinajstić information content (AvgIpc) is 2.57. The summed E-state index contributed by atoms with van der Waals surface area (Å²) in [5.74, 6) is 0.434. The first kappa shape index (κ1) is 18.7. The molecular weight excluding hydrogens is 403 g/mol. The second-order valence-corrected chi connectivity index (χ2v) is 7.48. The molecule has 1 aromatic carbocycles. The molecule has 1 fully saturated rings. The summed E-state index contributed by atoms with van der Waals surface area (Å²) in [4.78, 5) is 12.3. The monoisotopic (exact) mass is 430 g/mol. The molecule has 0 spiro atoms. The van der Waals surface area contributed by atoms with Crippen molar-refractivity contribution < 1.29 is 14.3 Å². The van der Waals surface area contributed by atoms with Gasteiger partial charge in [0, 0.05) is 17.1 Å². The molecule has 0 radical (unpaired) electrons. The van der Waals surface area contributed by atoms with Gasteiger partial charge in [-0.3, -0.25) is 4.79 Å². The summed E-state index contributed by atoms with van der Waals surface area (Å²) in [6.45, 7) is 2.04. The number of esters is 1. The molecule has 0 heterocycles. The summed E-state index contributed by atoms with van der Waals surface area (Å²) < 4.78 is 12.6. The van der Waals surface area contributed by atoms with Crippen LogP contribution in [0, 0.1) is 9.49 Å². The summed E-state index contributed by atoms with van der Waals surface area (Å²) >= 11 is 2.31. The van der Waals surface area contributed by atoms with Gasteiger partial charge in [0.1, 0.15) is 12.2 Å². The van der Waals surface area contributed by atoms with Gasteiger partial charge in [-0.2, -0.15) is 0 Å². The van der Waals surface area contributed by atoms with E-state index < -0.39 is 0 Å². The fourth-order valence-electron chi connectivity index (χ4n) is 3.39. The second-order valence-electron chi connectivity index (χ2n) is 6.32. The predicted octanol–water partition coefficient (Wildman–Crippen LogP) is 5.27. The molecule has 1 aliphatic rings. The van der Waals surface area contributed by atoms with E-state index in [1.165, 1.54) is 19.3 Å². The van der Waals surface area contributed by atoms with Gasteiger partial charge in [0.2, 0.25) is 0 Å². The van der Waals surface area contributed by atoms with Crippen LogP contribution >= 0.6 is 22.6 Å². The smallest absolute Gasteiger partial charge is 0.306 e. The zero-order chi connectivity index (χ0) is 16.7. The number of carbonyl (C=O) groups is 1. The molecule has 0 amide bonds. The third-order valence-electron chi connectivity index (χ3n) is 4.67. The second kappa shape index (κ2) is 9.62. The molecule has 3 nitrogen and oxygen atoms in total. The van der Waals surface area contributed by atoms with Crippen molar-refractivity contribution in [1.82, 2.24) is 0 Å². The van der Waals surface area contributed by atoms with Gasteiger partial charge < -0.3 is 9.47 Å². The van der Waals surface area contributed by atoms with Crippen LogP contribution < -0.4 is 0 Å². The summed E-state index contributed by atoms with van der Waals surface area (Å²) in [7, 11) is 1.69. The number of ether oxygens (including phenoxy) is 2. The third-order valence-corrected chi connectivity index (χ3v) is 5.65. The highest BCUT2D eigenvalue weighted by atomic mass is 127. The molecule has 0 unspecified atom stereocenters. The minimum absolute atomic E-state index is 0.0725. The molecule has 1 aliphatic carbocycles. The fraction of sp³-hybridized carbons (Fsp3) is 0.632. The van der Waals surface area contributed by atoms with Crippen molar-refractivity contribution in [2.24, 2.45) is 5.92 Å². The van der Waals surface area contributed by atoms with Crippen LogP contribution in [0.3, 0.4) is 0 Å². The van der Waals surface area contributed by atoms with Crippen LogP contribution in [0.1, 0.15) is 63.5 Å². The molecule has 1 aromatic rings. The van der Waals surface area contributed by atoms with Crippen LogP contribution in [-0.2, 0) is 14.3 Å². The van der Waals surface area contributed by atoms with E-state index in [0.717, 1.165) is 28.4 Å². The third kappa shape index (κ3) is 5.45. The van der Waals surface area contributed by atoms with E-state index in [4.69, 9.17) is 9.47 Å². The van der Waals surface area contributed by atoms with Crippen LogP contribution in [0.5, 0.6) is 0 Å². The first-order valence-electron chi connectivity index (χ1n) is 8.62. The SMILES string of the molecule is CC[C@H](OC(=O)CC1CCCCC1)[C@@H](OC)c1ccccc1I. The van der Waals surface area contributed by atoms with Crippen molar-refractivity contribution in [2.45, 2.75) is 64.1 Å². The molecule has 0 saturated heterocycles. The standard InChI is InChI=1S/C19H27IO3/c1-3-17(19(22-2)15-11-7-8-12-16(15)20)23-18(21)13-14-9-5-4-6-10-14/h7-8,11-12,14,17,19H,3-6,9-10,13H2,1-2H3/t17-,19-/m0/s1. The highest BCUT2D eigenvalue weighted by Gasteiger charge is 2.28. The molecule has 0 aliphatic heterocycles. The Kier molecular flexibility index (Phi) is 7.83. The molecule has 0 aromatic heterocycles. The van der Waals surface area contributed by atoms with Crippen molar-refractivity contribution in [3.05, 3.63) is 33.4 Å². The maximum absolute atomic E-state index is 12.3. The van der Waals surface area contributed by atoms with Crippen LogP contribution in [0.4, 0.5) is 0 Å². The lowest BCUT2D eigenvalue weighted by Gasteiger charge is -2.27. The van der Waals surface area contributed by atoms with E-state index in [1.54, 1.807) is 7.11 Å². The van der Waals surface area contributed by atoms with Gasteiger partial charge in [0.15, 0.2) is 0 Å². The van der Waals surface area contributed by atoms with E-state index in [1.807, 2.05) is 25.1 Å². The normalized spacial score (nSPS) is 18.4. The number of benzene rings is 1. The van der Waals surface area contributed by atoms with Crippen molar-refractivity contribution in [2.75, 3.05) is 7.11 Å². The van der Waals surface area contributed by atoms with Gasteiger partial charge in [0.25, 0.3) is 0 Å². The molecule has 2 atom stereocenters. The van der Waals surface area contributed by atoms with Gasteiger partial charge in [-0.05, 0) is 59.4 Å². The molecule has 4 heteroatoms. The van der Waals surface area contributed by atoms with Gasteiger partial charge in [-0.25, -0.2) is 0 Å². The largest absolute Gasteiger partial charge is 0.459 e. The Bertz CT molecular complexity index is 497. The number of hydrogen-bond acceptors (Lipinski definition) is 3. The molecule has 1 saturated carbocycles. The summed E-state index contributed by atoms with van der Waals surface area (Å²) in [6, 6.07) is 8.11. The van der Waals surface area contributed by atoms with Crippen molar-refractivity contribution >= 4 is 28.6 Å². The lowest BCUT2D eigenvalue weighted by Crippen LogP contribution is -2.28. The highest BCUT2D eigenvalue weighted by molar-refractivity contribution is 14.1. The maximum atomic E-state index is 12.3. The molecule has 23 heavy (non-hydrogen) atoms. The van der Waals surface area contributed by atoms with Crippen molar-refractivity contribution in [1.29, 1.82) is 0 Å². The zero-order valence-corrected chi connectivity index (χ0v) is 16.3. The van der Waals surface area contributed by atoms with E-state index in [2.05, 4.69) is 28.7 Å². The Labute approximate surface area is 153 Å². The Morgan fingerprint density at radius 1 is 1.26 bits per heavy atom. The first-order chi connectivity index (χ1) is 11.2. The summed E-state index contributed by atoms with van der Waals surface area (Å²) in [6.07, 6.45) is 7.00. The van der Waals surface area contributed by atoms with E-state index >= 15 is 0 Å². The van der Waals surface area contributed by atoms with Crippen molar-refractivity contribution in [3.8, 4) is 0 Å². The Morgan fingerprint density at radius 3 is 2.57 bits per heavy atom. The van der Waals surface area contributed by atoms with Crippen LogP contribution in [-0.4, -0.2) is 19.2 Å². The molecular formula is C19H27IO3. The molecule has 0 bridgehead atoms. The molecule has 0 N–H and O–H groups in total. The quantitative estimate of drug-likeness (QED) is 0.437. The lowest BCUT2D eigenvalue weighted by atomic mass is 9.87. The summed E-state index contributed by atoms with van der Waals surface area (Å²) in [5.41, 5.74) is 1.09. The topological polar surface area (TPSA) is 35.5 Å². The first-order valence-corrected chi connectivity index (χ1v) is 9.70. The minimum Gasteiger partial charge on any atom is -0.459 e. The van der Waals surface area contributed by atoms with Gasteiger partial charge >= 0.3 is 5.97 Å². The summed E-state index contributed by atoms with van der Waals surface area (Å²) in [5, 5.41) is 0.